The summed E-state index contributed by atoms with van der Waals surface area (Å²) in [4.78, 5) is 0. The third kappa shape index (κ3) is 4.13. The van der Waals surface area contributed by atoms with Gasteiger partial charge in [0.05, 0.1) is 4.34 Å². The Labute approximate surface area is 113 Å². The Balaban J connectivity index is 1.73. The van der Waals surface area contributed by atoms with Gasteiger partial charge in [-0.2, -0.15) is 0 Å². The molecule has 1 unspecified atom stereocenters. The van der Waals surface area contributed by atoms with Gasteiger partial charge in [-0.25, -0.2) is 0 Å². The van der Waals surface area contributed by atoms with Crippen molar-refractivity contribution in [3.63, 3.8) is 0 Å². The molecule has 1 heterocycles. The Kier molecular flexibility index (Phi) is 5.08. The van der Waals surface area contributed by atoms with Gasteiger partial charge >= 0.3 is 0 Å². The van der Waals surface area contributed by atoms with Gasteiger partial charge in [0, 0.05) is 6.04 Å². The lowest BCUT2D eigenvalue weighted by Gasteiger charge is -2.15. The summed E-state index contributed by atoms with van der Waals surface area (Å²) in [5.74, 6) is 0. The number of halogens is 1. The Bertz CT molecular complexity index is 383. The van der Waals surface area contributed by atoms with Crippen molar-refractivity contribution in [2.45, 2.75) is 45.1 Å². The molecule has 1 aromatic rings. The van der Waals surface area contributed by atoms with Crippen LogP contribution in [-0.2, 0) is 0 Å². The second kappa shape index (κ2) is 6.58. The number of nitrogens with one attached hydrogen (secondary N) is 1. The highest BCUT2D eigenvalue weighted by molar-refractivity contribution is 7.14. The lowest BCUT2D eigenvalue weighted by Crippen LogP contribution is -2.20. The molecule has 1 nitrogen and oxygen atoms in total. The second-order valence-corrected chi connectivity index (χ2v) is 6.26. The molecule has 94 valence electrons. The summed E-state index contributed by atoms with van der Waals surface area (Å²) in [5.41, 5.74) is 2.94. The Morgan fingerprint density at radius 2 is 2.35 bits per heavy atom. The van der Waals surface area contributed by atoms with Crippen LogP contribution in [0.1, 0.15) is 50.6 Å². The van der Waals surface area contributed by atoms with E-state index in [1.807, 2.05) is 0 Å². The predicted octanol–water partition coefficient (Wildman–Crippen LogP) is 4.94. The van der Waals surface area contributed by atoms with E-state index in [9.17, 15) is 0 Å². The van der Waals surface area contributed by atoms with Crippen LogP contribution in [0.25, 0.3) is 0 Å². The number of hydrogen-bond acceptors (Lipinski definition) is 2. The Morgan fingerprint density at radius 1 is 1.47 bits per heavy atom. The van der Waals surface area contributed by atoms with Gasteiger partial charge in [0.15, 0.2) is 0 Å². The van der Waals surface area contributed by atoms with Gasteiger partial charge in [-0.15, -0.1) is 11.3 Å². The summed E-state index contributed by atoms with van der Waals surface area (Å²) >= 11 is 7.55. The summed E-state index contributed by atoms with van der Waals surface area (Å²) < 4.78 is 0.878. The Hall–Kier alpha value is -0.310. The minimum Gasteiger partial charge on any atom is -0.310 e. The molecule has 1 aromatic heterocycles. The van der Waals surface area contributed by atoms with Gasteiger partial charge in [-0.3, -0.25) is 0 Å². The molecule has 17 heavy (non-hydrogen) atoms. The van der Waals surface area contributed by atoms with Crippen LogP contribution < -0.4 is 5.32 Å². The highest BCUT2D eigenvalue weighted by Gasteiger charge is 2.08. The van der Waals surface area contributed by atoms with Crippen molar-refractivity contribution in [2.24, 2.45) is 0 Å². The maximum Gasteiger partial charge on any atom is 0.0931 e. The van der Waals surface area contributed by atoms with Crippen molar-refractivity contribution in [3.8, 4) is 0 Å². The molecule has 0 aromatic carbocycles. The van der Waals surface area contributed by atoms with E-state index in [1.54, 1.807) is 16.9 Å². The molecule has 1 aliphatic carbocycles. The molecular formula is C14H20ClNS. The molecule has 0 spiro atoms. The van der Waals surface area contributed by atoms with Gasteiger partial charge in [0.2, 0.25) is 0 Å². The molecule has 2 rings (SSSR count). The van der Waals surface area contributed by atoms with Crippen LogP contribution in [0, 0.1) is 0 Å². The number of thiophene rings is 1. The SMILES string of the molecule is CC(NCCC1=CCCCC1)c1csc(Cl)c1. The monoisotopic (exact) mass is 269 g/mol. The standard InChI is InChI=1S/C14H20ClNS/c1-11(13-9-14(15)17-10-13)16-8-7-12-5-3-2-4-6-12/h5,9-11,16H,2-4,6-8H2,1H3. The van der Waals surface area contributed by atoms with Crippen LogP contribution in [0.5, 0.6) is 0 Å². The third-order valence-corrected chi connectivity index (χ3v) is 4.48. The molecule has 1 atom stereocenters. The molecule has 0 saturated heterocycles. The maximum absolute atomic E-state index is 5.94. The fourth-order valence-corrected chi connectivity index (χ4v) is 3.23. The maximum atomic E-state index is 5.94. The topological polar surface area (TPSA) is 12.0 Å². The lowest BCUT2D eigenvalue weighted by atomic mass is 9.97. The van der Waals surface area contributed by atoms with Gasteiger partial charge in [0.25, 0.3) is 0 Å². The molecule has 0 saturated carbocycles. The van der Waals surface area contributed by atoms with Crippen LogP contribution in [0.15, 0.2) is 23.1 Å². The average Bonchev–Trinajstić information content (AvgIpc) is 2.77. The molecule has 0 radical (unpaired) electrons. The molecule has 0 fully saturated rings. The van der Waals surface area contributed by atoms with Gasteiger partial charge < -0.3 is 5.32 Å². The van der Waals surface area contributed by atoms with Crippen LogP contribution >= 0.6 is 22.9 Å². The lowest BCUT2D eigenvalue weighted by molar-refractivity contribution is 0.563. The summed E-state index contributed by atoms with van der Waals surface area (Å²) in [6.45, 7) is 3.27. The summed E-state index contributed by atoms with van der Waals surface area (Å²) in [6, 6.07) is 2.46. The van der Waals surface area contributed by atoms with Gasteiger partial charge in [-0.1, -0.05) is 23.3 Å². The minimum absolute atomic E-state index is 0.406. The summed E-state index contributed by atoms with van der Waals surface area (Å²) in [6.07, 6.45) is 8.97. The first-order valence-corrected chi connectivity index (χ1v) is 7.66. The average molecular weight is 270 g/mol. The van der Waals surface area contributed by atoms with Crippen LogP contribution in [0.2, 0.25) is 4.34 Å². The molecule has 1 N–H and O–H groups in total. The highest BCUT2D eigenvalue weighted by Crippen LogP contribution is 2.25. The quantitative estimate of drug-likeness (QED) is 0.747. The zero-order valence-electron chi connectivity index (χ0n) is 10.3. The van der Waals surface area contributed by atoms with E-state index in [0.29, 0.717) is 6.04 Å². The highest BCUT2D eigenvalue weighted by atomic mass is 35.5. The first-order chi connectivity index (χ1) is 8.25. The van der Waals surface area contributed by atoms with Crippen molar-refractivity contribution in [2.75, 3.05) is 6.54 Å². The van der Waals surface area contributed by atoms with Crippen molar-refractivity contribution in [1.29, 1.82) is 0 Å². The number of allylic oxidation sites excluding steroid dienone is 1. The van der Waals surface area contributed by atoms with Crippen molar-refractivity contribution < 1.29 is 0 Å². The number of hydrogen-bond donors (Lipinski definition) is 1. The van der Waals surface area contributed by atoms with E-state index in [4.69, 9.17) is 11.6 Å². The van der Waals surface area contributed by atoms with Crippen molar-refractivity contribution in [3.05, 3.63) is 33.0 Å². The van der Waals surface area contributed by atoms with E-state index >= 15 is 0 Å². The molecule has 0 bridgehead atoms. The molecule has 1 aliphatic rings. The van der Waals surface area contributed by atoms with Crippen molar-refractivity contribution >= 4 is 22.9 Å². The number of rotatable bonds is 5. The first-order valence-electron chi connectivity index (χ1n) is 6.41. The summed E-state index contributed by atoms with van der Waals surface area (Å²) in [5, 5.41) is 5.71. The summed E-state index contributed by atoms with van der Waals surface area (Å²) in [7, 11) is 0. The van der Waals surface area contributed by atoms with Crippen molar-refractivity contribution in [1.82, 2.24) is 5.32 Å². The van der Waals surface area contributed by atoms with Gasteiger partial charge in [0.1, 0.15) is 0 Å². The Morgan fingerprint density at radius 3 is 3.00 bits per heavy atom. The van der Waals surface area contributed by atoms with Crippen LogP contribution in [0.4, 0.5) is 0 Å². The van der Waals surface area contributed by atoms with E-state index in [-0.39, 0.29) is 0 Å². The molecule has 0 aliphatic heterocycles. The van der Waals surface area contributed by atoms with Crippen LogP contribution in [-0.4, -0.2) is 6.54 Å². The van der Waals surface area contributed by atoms with E-state index < -0.39 is 0 Å². The third-order valence-electron chi connectivity index (χ3n) is 3.37. The zero-order valence-corrected chi connectivity index (χ0v) is 11.9. The zero-order chi connectivity index (χ0) is 12.1. The van der Waals surface area contributed by atoms with Gasteiger partial charge in [-0.05, 0) is 62.6 Å². The molecule has 3 heteroatoms. The normalized spacial score (nSPS) is 17.9. The largest absolute Gasteiger partial charge is 0.310 e. The second-order valence-electron chi connectivity index (χ2n) is 4.72. The molecule has 0 amide bonds. The van der Waals surface area contributed by atoms with Crippen LogP contribution in [0.3, 0.4) is 0 Å². The minimum atomic E-state index is 0.406. The fourth-order valence-electron chi connectivity index (χ4n) is 2.25. The van der Waals surface area contributed by atoms with E-state index in [2.05, 4.69) is 29.8 Å². The smallest absolute Gasteiger partial charge is 0.0931 e. The van der Waals surface area contributed by atoms with E-state index in [1.165, 1.54) is 37.7 Å². The van der Waals surface area contributed by atoms with E-state index in [0.717, 1.165) is 10.9 Å². The molecular weight excluding hydrogens is 250 g/mol. The first kappa shape index (κ1) is 13.1. The predicted molar refractivity (Wildman–Crippen MR) is 76.9 cm³/mol. The fraction of sp³-hybridized carbons (Fsp3) is 0.571.